The predicted molar refractivity (Wildman–Crippen MR) is 128 cm³/mol. The molecule has 2 heterocycles. The highest BCUT2D eigenvalue weighted by molar-refractivity contribution is 5.99. The molecule has 0 unspecified atom stereocenters. The van der Waals surface area contributed by atoms with Crippen molar-refractivity contribution >= 4 is 12.0 Å². The van der Waals surface area contributed by atoms with E-state index in [4.69, 9.17) is 9.47 Å². The highest BCUT2D eigenvalue weighted by Crippen LogP contribution is 2.35. The topological polar surface area (TPSA) is 56.6 Å². The quantitative estimate of drug-likeness (QED) is 0.550. The molecule has 3 aromatic rings. The molecule has 0 saturated carbocycles. The lowest BCUT2D eigenvalue weighted by molar-refractivity contribution is -0.130. The summed E-state index contributed by atoms with van der Waals surface area (Å²) in [6.45, 7) is 2.76. The predicted octanol–water partition coefficient (Wildman–Crippen LogP) is 4.37. The zero-order chi connectivity index (χ0) is 22.9. The summed E-state index contributed by atoms with van der Waals surface area (Å²) in [5.41, 5.74) is 6.23. The van der Waals surface area contributed by atoms with Crippen LogP contribution in [-0.4, -0.2) is 47.2 Å². The molecule has 1 fully saturated rings. The maximum absolute atomic E-state index is 13.5. The summed E-state index contributed by atoms with van der Waals surface area (Å²) in [4.78, 5) is 19.8. The number of nitrogens with zero attached hydrogens (tertiary/aromatic N) is 3. The number of hydrogen-bond acceptors (Lipinski definition) is 4. The fourth-order valence-electron chi connectivity index (χ4n) is 5.07. The molecule has 1 saturated heterocycles. The second kappa shape index (κ2) is 8.77. The van der Waals surface area contributed by atoms with E-state index in [1.807, 2.05) is 54.1 Å². The van der Waals surface area contributed by atoms with Crippen LogP contribution in [0.4, 0.5) is 0 Å². The van der Waals surface area contributed by atoms with E-state index in [2.05, 4.69) is 16.0 Å². The normalized spacial score (nSPS) is 19.1. The van der Waals surface area contributed by atoms with Gasteiger partial charge in [-0.15, -0.1) is 0 Å². The largest absolute Gasteiger partial charge is 0.496 e. The van der Waals surface area contributed by atoms with E-state index >= 15 is 0 Å². The van der Waals surface area contributed by atoms with E-state index in [9.17, 15) is 4.79 Å². The Kier molecular flexibility index (Phi) is 5.67. The van der Waals surface area contributed by atoms with Crippen LogP contribution in [0.5, 0.6) is 11.5 Å². The Bertz CT molecular complexity index is 1230. The van der Waals surface area contributed by atoms with Gasteiger partial charge in [-0.1, -0.05) is 18.2 Å². The number of likely N-dealkylation sites (tertiary alicyclic amines) is 1. The Balaban J connectivity index is 1.38. The van der Waals surface area contributed by atoms with Gasteiger partial charge >= 0.3 is 0 Å². The molecule has 33 heavy (non-hydrogen) atoms. The van der Waals surface area contributed by atoms with Gasteiger partial charge in [-0.05, 0) is 73.6 Å². The van der Waals surface area contributed by atoms with E-state index < -0.39 is 0 Å². The average molecular weight is 444 g/mol. The van der Waals surface area contributed by atoms with Crippen molar-refractivity contribution in [1.82, 2.24) is 14.5 Å². The number of benzene rings is 2. The third kappa shape index (κ3) is 4.01. The number of carbonyl (C=O) groups is 1. The number of aryl methyl sites for hydroxylation is 1. The molecule has 1 aromatic heterocycles. The summed E-state index contributed by atoms with van der Waals surface area (Å²) < 4.78 is 13.1. The number of ether oxygens (including phenoxy) is 2. The lowest BCUT2D eigenvalue weighted by atomic mass is 9.98. The molecule has 1 aliphatic heterocycles. The summed E-state index contributed by atoms with van der Waals surface area (Å²) in [5, 5.41) is 0. The SMILES string of the molecule is COc1cc(/C=C2\CCCN([C@@H]3Cc4cccc(OC)c4C3)C2=O)ccc1-n1cnc(C)c1. The lowest BCUT2D eigenvalue weighted by Gasteiger charge is -2.33. The molecular formula is C27H29N3O3. The zero-order valence-corrected chi connectivity index (χ0v) is 19.4. The molecule has 1 amide bonds. The van der Waals surface area contributed by atoms with Crippen LogP contribution in [0.15, 0.2) is 54.5 Å². The summed E-state index contributed by atoms with van der Waals surface area (Å²) >= 11 is 0. The maximum Gasteiger partial charge on any atom is 0.250 e. The Labute approximate surface area is 194 Å². The van der Waals surface area contributed by atoms with Crippen LogP contribution >= 0.6 is 0 Å². The van der Waals surface area contributed by atoms with Gasteiger partial charge in [0, 0.05) is 24.4 Å². The molecule has 6 heteroatoms. The molecule has 0 N–H and O–H groups in total. The smallest absolute Gasteiger partial charge is 0.250 e. The number of fused-ring (bicyclic) bond motifs is 1. The number of carbonyl (C=O) groups excluding carboxylic acids is 1. The summed E-state index contributed by atoms with van der Waals surface area (Å²) in [7, 11) is 3.38. The van der Waals surface area contributed by atoms with E-state index in [0.717, 1.165) is 66.2 Å². The zero-order valence-electron chi connectivity index (χ0n) is 19.4. The highest BCUT2D eigenvalue weighted by Gasteiger charge is 2.34. The van der Waals surface area contributed by atoms with Gasteiger partial charge in [0.25, 0.3) is 0 Å². The lowest BCUT2D eigenvalue weighted by Crippen LogP contribution is -2.44. The highest BCUT2D eigenvalue weighted by atomic mass is 16.5. The summed E-state index contributed by atoms with van der Waals surface area (Å²) in [6, 6.07) is 12.4. The number of imidazole rings is 1. The fraction of sp³-hybridized carbons (Fsp3) is 0.333. The van der Waals surface area contributed by atoms with Crippen LogP contribution in [0.25, 0.3) is 11.8 Å². The minimum absolute atomic E-state index is 0.145. The summed E-state index contributed by atoms with van der Waals surface area (Å²) in [5.74, 6) is 1.82. The molecule has 170 valence electrons. The first kappa shape index (κ1) is 21.3. The van der Waals surface area contributed by atoms with Crippen LogP contribution in [-0.2, 0) is 17.6 Å². The van der Waals surface area contributed by atoms with Crippen molar-refractivity contribution in [3.05, 3.63) is 76.9 Å². The van der Waals surface area contributed by atoms with Crippen LogP contribution in [0.1, 0.15) is 35.2 Å². The van der Waals surface area contributed by atoms with Crippen molar-refractivity contribution in [3.63, 3.8) is 0 Å². The van der Waals surface area contributed by atoms with Crippen molar-refractivity contribution in [1.29, 1.82) is 0 Å². The summed E-state index contributed by atoms with van der Waals surface area (Å²) in [6.07, 6.45) is 9.27. The van der Waals surface area contributed by atoms with Gasteiger partial charge in [0.2, 0.25) is 5.91 Å². The molecule has 2 aromatic carbocycles. The van der Waals surface area contributed by atoms with Gasteiger partial charge in [-0.25, -0.2) is 4.98 Å². The van der Waals surface area contributed by atoms with Gasteiger partial charge in [-0.2, -0.15) is 0 Å². The monoisotopic (exact) mass is 443 g/mol. The van der Waals surface area contributed by atoms with Gasteiger partial charge in [0.15, 0.2) is 0 Å². The molecule has 0 bridgehead atoms. The number of amides is 1. The Morgan fingerprint density at radius 3 is 2.70 bits per heavy atom. The molecule has 6 nitrogen and oxygen atoms in total. The van der Waals surface area contributed by atoms with E-state index in [1.54, 1.807) is 20.5 Å². The molecule has 0 spiro atoms. The minimum Gasteiger partial charge on any atom is -0.496 e. The number of hydrogen-bond donors (Lipinski definition) is 0. The minimum atomic E-state index is 0.145. The number of piperidine rings is 1. The second-order valence-corrected chi connectivity index (χ2v) is 8.79. The van der Waals surface area contributed by atoms with E-state index in [0.29, 0.717) is 0 Å². The third-order valence-electron chi connectivity index (χ3n) is 6.70. The number of aromatic nitrogens is 2. The maximum atomic E-state index is 13.5. The van der Waals surface area contributed by atoms with E-state index in [-0.39, 0.29) is 11.9 Å². The van der Waals surface area contributed by atoms with Crippen LogP contribution in [0.2, 0.25) is 0 Å². The Morgan fingerprint density at radius 2 is 1.94 bits per heavy atom. The number of rotatable bonds is 5. The molecule has 1 aliphatic carbocycles. The molecule has 2 aliphatic rings. The average Bonchev–Trinajstić information content (AvgIpc) is 3.46. The molecule has 1 atom stereocenters. The first-order valence-corrected chi connectivity index (χ1v) is 11.4. The fourth-order valence-corrected chi connectivity index (χ4v) is 5.07. The Morgan fingerprint density at radius 1 is 1.09 bits per heavy atom. The first-order valence-electron chi connectivity index (χ1n) is 11.4. The van der Waals surface area contributed by atoms with Crippen LogP contribution in [0, 0.1) is 6.92 Å². The van der Waals surface area contributed by atoms with Crippen molar-refractivity contribution in [3.8, 4) is 17.2 Å². The van der Waals surface area contributed by atoms with Gasteiger partial charge in [0.05, 0.1) is 31.9 Å². The van der Waals surface area contributed by atoms with Crippen molar-refractivity contribution < 1.29 is 14.3 Å². The second-order valence-electron chi connectivity index (χ2n) is 8.79. The van der Waals surface area contributed by atoms with Crippen molar-refractivity contribution in [2.75, 3.05) is 20.8 Å². The van der Waals surface area contributed by atoms with E-state index in [1.165, 1.54) is 11.1 Å². The van der Waals surface area contributed by atoms with Crippen molar-refractivity contribution in [2.45, 2.75) is 38.6 Å². The molecule has 5 rings (SSSR count). The molecular weight excluding hydrogens is 414 g/mol. The molecule has 0 radical (unpaired) electrons. The van der Waals surface area contributed by atoms with Crippen LogP contribution < -0.4 is 9.47 Å². The van der Waals surface area contributed by atoms with Gasteiger partial charge in [-0.3, -0.25) is 4.79 Å². The number of methoxy groups -OCH3 is 2. The standard InChI is InChI=1S/C27H29N3O3/c1-18-16-29(17-28-18)24-10-9-19(13-26(24)33-3)12-21-7-5-11-30(27(21)31)22-14-20-6-4-8-25(32-2)23(20)15-22/h4,6,8-10,12-13,16-17,22H,5,7,11,14-15H2,1-3H3/b21-12+/t22-/m1/s1. The van der Waals surface area contributed by atoms with Crippen molar-refractivity contribution in [2.24, 2.45) is 0 Å². The van der Waals surface area contributed by atoms with Crippen LogP contribution in [0.3, 0.4) is 0 Å². The Hall–Kier alpha value is -3.54. The van der Waals surface area contributed by atoms with Gasteiger partial charge in [0.1, 0.15) is 11.5 Å². The van der Waals surface area contributed by atoms with Gasteiger partial charge < -0.3 is 18.9 Å². The first-order chi connectivity index (χ1) is 16.1. The third-order valence-corrected chi connectivity index (χ3v) is 6.70.